The summed E-state index contributed by atoms with van der Waals surface area (Å²) in [6, 6.07) is 16.2. The highest BCUT2D eigenvalue weighted by Crippen LogP contribution is 2.24. The van der Waals surface area contributed by atoms with Gasteiger partial charge in [-0.1, -0.05) is 48.0 Å². The van der Waals surface area contributed by atoms with E-state index in [9.17, 15) is 0 Å². The first kappa shape index (κ1) is 14.9. The van der Waals surface area contributed by atoms with Crippen LogP contribution in [0.4, 0.5) is 0 Å². The van der Waals surface area contributed by atoms with E-state index in [-0.39, 0.29) is 6.04 Å². The maximum absolute atomic E-state index is 6.22. The van der Waals surface area contributed by atoms with E-state index < -0.39 is 0 Å². The normalized spacial score (nSPS) is 12.2. The van der Waals surface area contributed by atoms with Gasteiger partial charge in [0, 0.05) is 23.2 Å². The van der Waals surface area contributed by atoms with Gasteiger partial charge in [-0.3, -0.25) is 0 Å². The van der Waals surface area contributed by atoms with Crippen LogP contribution in [-0.2, 0) is 6.54 Å². The molecule has 2 aromatic rings. The Morgan fingerprint density at radius 1 is 1.10 bits per heavy atom. The summed E-state index contributed by atoms with van der Waals surface area (Å²) >= 11 is 6.22. The molecule has 0 fully saturated rings. The quantitative estimate of drug-likeness (QED) is 0.840. The lowest BCUT2D eigenvalue weighted by Crippen LogP contribution is -2.18. The Bertz CT molecular complexity index is 556. The molecule has 0 heterocycles. The fourth-order valence-electron chi connectivity index (χ4n) is 2.15. The summed E-state index contributed by atoms with van der Waals surface area (Å²) in [5.74, 6) is 0.939. The van der Waals surface area contributed by atoms with Gasteiger partial charge in [-0.25, -0.2) is 0 Å². The van der Waals surface area contributed by atoms with Gasteiger partial charge < -0.3 is 10.1 Å². The average molecular weight is 290 g/mol. The molecule has 2 nitrogen and oxygen atoms in total. The Hall–Kier alpha value is -1.51. The number of ether oxygens (including phenoxy) is 1. The van der Waals surface area contributed by atoms with Crippen LogP contribution in [0.15, 0.2) is 48.5 Å². The molecule has 20 heavy (non-hydrogen) atoms. The first-order valence-electron chi connectivity index (χ1n) is 6.91. The van der Waals surface area contributed by atoms with Gasteiger partial charge in [-0.2, -0.15) is 0 Å². The largest absolute Gasteiger partial charge is 0.494 e. The topological polar surface area (TPSA) is 21.3 Å². The van der Waals surface area contributed by atoms with Crippen LogP contribution in [0, 0.1) is 0 Å². The maximum atomic E-state index is 6.22. The number of nitrogens with one attached hydrogen (secondary N) is 1. The van der Waals surface area contributed by atoms with Crippen molar-refractivity contribution in [2.45, 2.75) is 26.4 Å². The summed E-state index contributed by atoms with van der Waals surface area (Å²) < 4.78 is 5.63. The molecule has 0 aliphatic rings. The highest BCUT2D eigenvalue weighted by molar-refractivity contribution is 6.31. The Labute approximate surface area is 125 Å². The van der Waals surface area contributed by atoms with Crippen LogP contribution >= 0.6 is 11.6 Å². The Morgan fingerprint density at radius 3 is 2.55 bits per heavy atom. The molecule has 1 N–H and O–H groups in total. The van der Waals surface area contributed by atoms with Crippen molar-refractivity contribution < 1.29 is 4.74 Å². The minimum atomic E-state index is 0.193. The lowest BCUT2D eigenvalue weighted by Gasteiger charge is -2.17. The maximum Gasteiger partial charge on any atom is 0.123 e. The van der Waals surface area contributed by atoms with Crippen LogP contribution in [0.1, 0.15) is 31.0 Å². The van der Waals surface area contributed by atoms with Crippen LogP contribution in [0.5, 0.6) is 5.75 Å². The Morgan fingerprint density at radius 2 is 1.80 bits per heavy atom. The third-order valence-corrected chi connectivity index (χ3v) is 3.59. The van der Waals surface area contributed by atoms with Gasteiger partial charge in [-0.05, 0) is 31.5 Å². The average Bonchev–Trinajstić information content (AvgIpc) is 2.47. The number of hydrogen-bond donors (Lipinski definition) is 1. The molecule has 0 unspecified atom stereocenters. The van der Waals surface area contributed by atoms with E-state index in [1.54, 1.807) is 0 Å². The molecule has 2 aromatic carbocycles. The molecule has 106 valence electrons. The van der Waals surface area contributed by atoms with E-state index in [1.807, 2.05) is 43.3 Å². The zero-order valence-electron chi connectivity index (χ0n) is 11.9. The molecule has 0 saturated heterocycles. The van der Waals surface area contributed by atoms with Gasteiger partial charge in [0.2, 0.25) is 0 Å². The predicted octanol–water partition coefficient (Wildman–Crippen LogP) is 4.59. The predicted molar refractivity (Wildman–Crippen MR) is 84.3 cm³/mol. The van der Waals surface area contributed by atoms with Crippen molar-refractivity contribution in [3.05, 3.63) is 64.7 Å². The SMILES string of the molecule is CCOc1ccccc1CN[C@H](C)c1ccccc1Cl. The number of para-hydroxylation sites is 1. The van der Waals surface area contributed by atoms with E-state index in [2.05, 4.69) is 24.4 Å². The summed E-state index contributed by atoms with van der Waals surface area (Å²) in [7, 11) is 0. The molecule has 0 aromatic heterocycles. The van der Waals surface area contributed by atoms with E-state index in [4.69, 9.17) is 16.3 Å². The molecular weight excluding hydrogens is 270 g/mol. The van der Waals surface area contributed by atoms with Crippen LogP contribution in [0.2, 0.25) is 5.02 Å². The summed E-state index contributed by atoms with van der Waals surface area (Å²) in [5.41, 5.74) is 2.27. The highest BCUT2D eigenvalue weighted by Gasteiger charge is 2.09. The van der Waals surface area contributed by atoms with E-state index in [0.29, 0.717) is 6.61 Å². The summed E-state index contributed by atoms with van der Waals surface area (Å²) in [6.07, 6.45) is 0. The summed E-state index contributed by atoms with van der Waals surface area (Å²) in [4.78, 5) is 0. The summed E-state index contributed by atoms with van der Waals surface area (Å²) in [5, 5.41) is 4.29. The molecule has 0 bridgehead atoms. The second-order valence-electron chi connectivity index (χ2n) is 4.66. The first-order valence-corrected chi connectivity index (χ1v) is 7.28. The van der Waals surface area contributed by atoms with Gasteiger partial charge in [0.25, 0.3) is 0 Å². The molecule has 2 rings (SSSR count). The first-order chi connectivity index (χ1) is 9.72. The van der Waals surface area contributed by atoms with Gasteiger partial charge >= 0.3 is 0 Å². The van der Waals surface area contributed by atoms with Crippen molar-refractivity contribution in [2.24, 2.45) is 0 Å². The molecule has 0 amide bonds. The van der Waals surface area contributed by atoms with E-state index in [1.165, 1.54) is 0 Å². The minimum Gasteiger partial charge on any atom is -0.494 e. The van der Waals surface area contributed by atoms with Gasteiger partial charge in [0.1, 0.15) is 5.75 Å². The summed E-state index contributed by atoms with van der Waals surface area (Å²) in [6.45, 7) is 5.54. The van der Waals surface area contributed by atoms with Gasteiger partial charge in [0.15, 0.2) is 0 Å². The van der Waals surface area contributed by atoms with Crippen molar-refractivity contribution in [2.75, 3.05) is 6.61 Å². The Balaban J connectivity index is 2.04. The number of hydrogen-bond acceptors (Lipinski definition) is 2. The monoisotopic (exact) mass is 289 g/mol. The zero-order valence-corrected chi connectivity index (χ0v) is 12.7. The van der Waals surface area contributed by atoms with Crippen LogP contribution < -0.4 is 10.1 Å². The van der Waals surface area contributed by atoms with Gasteiger partial charge in [0.05, 0.1) is 6.61 Å². The van der Waals surface area contributed by atoms with Crippen molar-refractivity contribution in [1.29, 1.82) is 0 Å². The molecule has 0 saturated carbocycles. The number of rotatable bonds is 6. The lowest BCUT2D eigenvalue weighted by molar-refractivity contribution is 0.335. The molecular formula is C17H20ClNO. The van der Waals surface area contributed by atoms with Crippen molar-refractivity contribution in [3.8, 4) is 5.75 Å². The standard InChI is InChI=1S/C17H20ClNO/c1-3-20-17-11-7-4-8-14(17)12-19-13(2)15-9-5-6-10-16(15)18/h4-11,13,19H,3,12H2,1-2H3/t13-/m1/s1. The van der Waals surface area contributed by atoms with Crippen molar-refractivity contribution in [1.82, 2.24) is 5.32 Å². The van der Waals surface area contributed by atoms with Crippen LogP contribution in [0.3, 0.4) is 0 Å². The molecule has 1 atom stereocenters. The fourth-order valence-corrected chi connectivity index (χ4v) is 2.44. The molecule has 0 aliphatic heterocycles. The van der Waals surface area contributed by atoms with Crippen LogP contribution in [0.25, 0.3) is 0 Å². The fraction of sp³-hybridized carbons (Fsp3) is 0.294. The van der Waals surface area contributed by atoms with Crippen molar-refractivity contribution in [3.63, 3.8) is 0 Å². The van der Waals surface area contributed by atoms with Crippen molar-refractivity contribution >= 4 is 11.6 Å². The third-order valence-electron chi connectivity index (χ3n) is 3.24. The third kappa shape index (κ3) is 3.75. The smallest absolute Gasteiger partial charge is 0.123 e. The van der Waals surface area contributed by atoms with Gasteiger partial charge in [-0.15, -0.1) is 0 Å². The second kappa shape index (κ2) is 7.32. The molecule has 0 aliphatic carbocycles. The van der Waals surface area contributed by atoms with Crippen LogP contribution in [-0.4, -0.2) is 6.61 Å². The Kier molecular flexibility index (Phi) is 5.45. The minimum absolute atomic E-state index is 0.193. The molecule has 0 radical (unpaired) electrons. The zero-order chi connectivity index (χ0) is 14.4. The second-order valence-corrected chi connectivity index (χ2v) is 5.07. The number of halogens is 1. The molecule has 0 spiro atoms. The number of benzene rings is 2. The lowest BCUT2D eigenvalue weighted by atomic mass is 10.1. The molecule has 3 heteroatoms. The van der Waals surface area contributed by atoms with E-state index >= 15 is 0 Å². The van der Waals surface area contributed by atoms with E-state index in [0.717, 1.165) is 28.4 Å². The highest BCUT2D eigenvalue weighted by atomic mass is 35.5.